The number of carbonyl (C=O) groups excluding carboxylic acids is 1. The summed E-state index contributed by atoms with van der Waals surface area (Å²) in [7, 11) is 3.69. The van der Waals surface area contributed by atoms with Crippen molar-refractivity contribution in [2.45, 2.75) is 31.8 Å². The molecule has 1 aliphatic rings. The average Bonchev–Trinajstić information content (AvgIpc) is 2.43. The Morgan fingerprint density at radius 2 is 2.19 bits per heavy atom. The fraction of sp³-hybridized carbons (Fsp3) is 0.562. The van der Waals surface area contributed by atoms with E-state index >= 15 is 0 Å². The fourth-order valence-electron chi connectivity index (χ4n) is 2.67. The van der Waals surface area contributed by atoms with E-state index in [9.17, 15) is 4.79 Å². The van der Waals surface area contributed by atoms with Crippen LogP contribution >= 0.6 is 0 Å². The molecule has 0 aromatic heterocycles. The number of ether oxygens (including phenoxy) is 1. The summed E-state index contributed by atoms with van der Waals surface area (Å²) in [6, 6.07) is 8.92. The molecule has 1 saturated heterocycles. The standard InChI is InChI=1S/C16H25N3O2/c1-12-9-15(7-8-19(12)2)17-13-5-4-6-14(10-13)18-16(20)11-21-3/h4-6,10,12,15,17H,7-9,11H2,1-3H3,(H,18,20). The Morgan fingerprint density at radius 1 is 1.43 bits per heavy atom. The third-order valence-electron chi connectivity index (χ3n) is 4.00. The molecule has 0 saturated carbocycles. The summed E-state index contributed by atoms with van der Waals surface area (Å²) >= 11 is 0. The van der Waals surface area contributed by atoms with Gasteiger partial charge in [0.2, 0.25) is 5.91 Å². The van der Waals surface area contributed by atoms with Crippen molar-refractivity contribution >= 4 is 17.3 Å². The zero-order chi connectivity index (χ0) is 15.2. The van der Waals surface area contributed by atoms with Gasteiger partial charge in [-0.25, -0.2) is 0 Å². The second kappa shape index (κ2) is 7.43. The molecule has 1 aromatic carbocycles. The topological polar surface area (TPSA) is 53.6 Å². The van der Waals surface area contributed by atoms with Crippen molar-refractivity contribution in [2.75, 3.05) is 37.9 Å². The first-order valence-corrected chi connectivity index (χ1v) is 7.44. The number of amides is 1. The predicted molar refractivity (Wildman–Crippen MR) is 85.7 cm³/mol. The van der Waals surface area contributed by atoms with Crippen LogP contribution in [-0.2, 0) is 9.53 Å². The van der Waals surface area contributed by atoms with E-state index in [1.807, 2.05) is 24.3 Å². The molecule has 0 bridgehead atoms. The number of piperidine rings is 1. The highest BCUT2D eigenvalue weighted by atomic mass is 16.5. The van der Waals surface area contributed by atoms with E-state index in [4.69, 9.17) is 4.74 Å². The van der Waals surface area contributed by atoms with Gasteiger partial charge >= 0.3 is 0 Å². The maximum absolute atomic E-state index is 11.5. The van der Waals surface area contributed by atoms with Crippen LogP contribution < -0.4 is 10.6 Å². The Bertz CT molecular complexity index is 478. The van der Waals surface area contributed by atoms with Crippen LogP contribution in [0, 0.1) is 0 Å². The van der Waals surface area contributed by atoms with Gasteiger partial charge in [0.05, 0.1) is 0 Å². The van der Waals surface area contributed by atoms with Crippen molar-refractivity contribution in [2.24, 2.45) is 0 Å². The lowest BCUT2D eigenvalue weighted by molar-refractivity contribution is -0.119. The zero-order valence-corrected chi connectivity index (χ0v) is 13.1. The average molecular weight is 291 g/mol. The highest BCUT2D eigenvalue weighted by molar-refractivity contribution is 5.92. The molecule has 5 nitrogen and oxygen atoms in total. The highest BCUT2D eigenvalue weighted by Gasteiger charge is 2.22. The zero-order valence-electron chi connectivity index (χ0n) is 13.1. The first-order chi connectivity index (χ1) is 10.1. The molecule has 2 rings (SSSR count). The van der Waals surface area contributed by atoms with Crippen LogP contribution in [0.1, 0.15) is 19.8 Å². The molecule has 1 fully saturated rings. The Kier molecular flexibility index (Phi) is 5.59. The van der Waals surface area contributed by atoms with Gasteiger partial charge in [0.15, 0.2) is 0 Å². The normalized spacial score (nSPS) is 22.8. The Labute approximate surface area is 126 Å². The monoisotopic (exact) mass is 291 g/mol. The van der Waals surface area contributed by atoms with E-state index in [1.165, 1.54) is 7.11 Å². The van der Waals surface area contributed by atoms with Crippen LogP contribution in [0.5, 0.6) is 0 Å². The number of methoxy groups -OCH3 is 1. The maximum atomic E-state index is 11.5. The first-order valence-electron chi connectivity index (χ1n) is 7.44. The van der Waals surface area contributed by atoms with Crippen LogP contribution in [0.15, 0.2) is 24.3 Å². The molecule has 2 unspecified atom stereocenters. The first kappa shape index (κ1) is 15.8. The summed E-state index contributed by atoms with van der Waals surface area (Å²) in [6.45, 7) is 3.45. The van der Waals surface area contributed by atoms with Gasteiger partial charge in [-0.15, -0.1) is 0 Å². The lowest BCUT2D eigenvalue weighted by Crippen LogP contribution is -2.42. The number of likely N-dealkylation sites (tertiary alicyclic amines) is 1. The lowest BCUT2D eigenvalue weighted by atomic mass is 9.98. The molecule has 0 radical (unpaired) electrons. The summed E-state index contributed by atoms with van der Waals surface area (Å²) in [5.41, 5.74) is 1.84. The van der Waals surface area contributed by atoms with Crippen LogP contribution in [0.4, 0.5) is 11.4 Å². The SMILES string of the molecule is COCC(=O)Nc1cccc(NC2CCN(C)C(C)C2)c1. The number of nitrogens with one attached hydrogen (secondary N) is 2. The molecule has 0 aliphatic carbocycles. The second-order valence-electron chi connectivity index (χ2n) is 5.76. The van der Waals surface area contributed by atoms with Gasteiger partial charge in [0.25, 0.3) is 0 Å². The van der Waals surface area contributed by atoms with E-state index in [-0.39, 0.29) is 12.5 Å². The molecule has 1 heterocycles. The van der Waals surface area contributed by atoms with Crippen LogP contribution in [-0.4, -0.2) is 50.2 Å². The van der Waals surface area contributed by atoms with Crippen LogP contribution in [0.3, 0.4) is 0 Å². The van der Waals surface area contributed by atoms with Gasteiger partial charge in [-0.2, -0.15) is 0 Å². The number of nitrogens with zero attached hydrogens (tertiary/aromatic N) is 1. The molecule has 5 heteroatoms. The third kappa shape index (κ3) is 4.72. The molecule has 1 aliphatic heterocycles. The second-order valence-corrected chi connectivity index (χ2v) is 5.76. The maximum Gasteiger partial charge on any atom is 0.250 e. The molecular formula is C16H25N3O2. The minimum absolute atomic E-state index is 0.0735. The van der Waals surface area contributed by atoms with Gasteiger partial charge < -0.3 is 20.3 Å². The summed E-state index contributed by atoms with van der Waals surface area (Å²) in [5, 5.41) is 6.39. The van der Waals surface area contributed by atoms with Crippen molar-refractivity contribution in [3.63, 3.8) is 0 Å². The van der Waals surface area contributed by atoms with Crippen LogP contribution in [0.2, 0.25) is 0 Å². The van der Waals surface area contributed by atoms with Crippen LogP contribution in [0.25, 0.3) is 0 Å². The molecule has 1 aromatic rings. The van der Waals surface area contributed by atoms with Crippen molar-refractivity contribution < 1.29 is 9.53 Å². The van der Waals surface area contributed by atoms with E-state index < -0.39 is 0 Å². The van der Waals surface area contributed by atoms with Gasteiger partial charge in [-0.3, -0.25) is 4.79 Å². The number of anilines is 2. The van der Waals surface area contributed by atoms with E-state index in [0.717, 1.165) is 30.8 Å². The Hall–Kier alpha value is -1.59. The number of carbonyl (C=O) groups is 1. The van der Waals surface area contributed by atoms with E-state index in [1.54, 1.807) is 0 Å². The highest BCUT2D eigenvalue weighted by Crippen LogP contribution is 2.21. The van der Waals surface area contributed by atoms with Gasteiger partial charge in [-0.05, 0) is 45.0 Å². The summed E-state index contributed by atoms with van der Waals surface area (Å²) in [5.74, 6) is -0.137. The summed E-state index contributed by atoms with van der Waals surface area (Å²) in [6.07, 6.45) is 2.28. The molecular weight excluding hydrogens is 266 g/mol. The largest absolute Gasteiger partial charge is 0.382 e. The molecule has 116 valence electrons. The number of benzene rings is 1. The van der Waals surface area contributed by atoms with Crippen molar-refractivity contribution in [1.82, 2.24) is 4.90 Å². The Balaban J connectivity index is 1.93. The number of hydrogen-bond acceptors (Lipinski definition) is 4. The number of hydrogen-bond donors (Lipinski definition) is 2. The van der Waals surface area contributed by atoms with Gasteiger partial charge in [0.1, 0.15) is 6.61 Å². The minimum atomic E-state index is -0.137. The quantitative estimate of drug-likeness (QED) is 0.873. The molecule has 0 spiro atoms. The summed E-state index contributed by atoms with van der Waals surface area (Å²) < 4.78 is 4.82. The van der Waals surface area contributed by atoms with Gasteiger partial charge in [-0.1, -0.05) is 6.07 Å². The lowest BCUT2D eigenvalue weighted by Gasteiger charge is -2.35. The molecule has 21 heavy (non-hydrogen) atoms. The molecule has 2 atom stereocenters. The van der Waals surface area contributed by atoms with E-state index in [0.29, 0.717) is 12.1 Å². The smallest absolute Gasteiger partial charge is 0.250 e. The third-order valence-corrected chi connectivity index (χ3v) is 4.00. The molecule has 2 N–H and O–H groups in total. The van der Waals surface area contributed by atoms with Gasteiger partial charge in [0, 0.05) is 37.1 Å². The van der Waals surface area contributed by atoms with E-state index in [2.05, 4.69) is 29.5 Å². The molecule has 1 amide bonds. The number of rotatable bonds is 5. The minimum Gasteiger partial charge on any atom is -0.382 e. The summed E-state index contributed by atoms with van der Waals surface area (Å²) in [4.78, 5) is 13.9. The van der Waals surface area contributed by atoms with Crippen molar-refractivity contribution in [3.05, 3.63) is 24.3 Å². The predicted octanol–water partition coefficient (Wildman–Crippen LogP) is 2.17. The van der Waals surface area contributed by atoms with Crippen molar-refractivity contribution in [3.8, 4) is 0 Å². The Morgan fingerprint density at radius 3 is 2.90 bits per heavy atom. The fourth-order valence-corrected chi connectivity index (χ4v) is 2.67. The van der Waals surface area contributed by atoms with Crippen molar-refractivity contribution in [1.29, 1.82) is 0 Å².